The first kappa shape index (κ1) is 23.5. The van der Waals surface area contributed by atoms with Crippen molar-refractivity contribution in [3.8, 4) is 22.5 Å². The van der Waals surface area contributed by atoms with Gasteiger partial charge in [0.2, 0.25) is 0 Å². The van der Waals surface area contributed by atoms with Crippen LogP contribution in [0.15, 0.2) is 138 Å². The lowest BCUT2D eigenvalue weighted by Gasteiger charge is -2.16. The van der Waals surface area contributed by atoms with E-state index in [1.807, 2.05) is 0 Å². The summed E-state index contributed by atoms with van der Waals surface area (Å²) in [6.07, 6.45) is 0. The maximum atomic E-state index is 4.30. The van der Waals surface area contributed by atoms with E-state index in [9.17, 15) is 0 Å². The number of aryl methyl sites for hydroxylation is 1. The number of nitrogens with zero attached hydrogens (tertiary/aromatic N) is 3. The van der Waals surface area contributed by atoms with Gasteiger partial charge in [-0.1, -0.05) is 84.9 Å². The fraction of sp³-hybridized carbons (Fsp3) is 0.0263. The van der Waals surface area contributed by atoms with E-state index >= 15 is 0 Å². The molecule has 0 bridgehead atoms. The van der Waals surface area contributed by atoms with E-state index in [0.29, 0.717) is 0 Å². The first-order valence-corrected chi connectivity index (χ1v) is 13.9. The molecule has 0 aliphatic heterocycles. The Morgan fingerprint density at radius 1 is 0.463 bits per heavy atom. The molecule has 3 nitrogen and oxygen atoms in total. The van der Waals surface area contributed by atoms with Gasteiger partial charge in [-0.05, 0) is 78.9 Å². The van der Waals surface area contributed by atoms with Gasteiger partial charge in [0.05, 0.1) is 27.8 Å². The lowest BCUT2D eigenvalue weighted by Crippen LogP contribution is -2.00. The van der Waals surface area contributed by atoms with Crippen LogP contribution in [0.5, 0.6) is 0 Å². The van der Waals surface area contributed by atoms with E-state index in [1.165, 1.54) is 43.6 Å². The molecular weight excluding hydrogens is 498 g/mol. The predicted octanol–water partition coefficient (Wildman–Crippen LogP) is 10.2. The van der Waals surface area contributed by atoms with Gasteiger partial charge in [-0.3, -0.25) is 4.99 Å². The summed E-state index contributed by atoms with van der Waals surface area (Å²) in [5.74, 6) is 0. The summed E-state index contributed by atoms with van der Waals surface area (Å²) in [7, 11) is 0. The van der Waals surface area contributed by atoms with Crippen LogP contribution >= 0.6 is 0 Å². The summed E-state index contributed by atoms with van der Waals surface area (Å²) in [6.45, 7) is 5.90. The Kier molecular flexibility index (Phi) is 5.19. The van der Waals surface area contributed by atoms with Crippen LogP contribution in [0.2, 0.25) is 0 Å². The van der Waals surface area contributed by atoms with Gasteiger partial charge in [-0.25, -0.2) is 0 Å². The molecule has 3 heteroatoms. The Bertz CT molecular complexity index is 2060. The summed E-state index contributed by atoms with van der Waals surface area (Å²) in [6, 6.07) is 48.1. The third-order valence-electron chi connectivity index (χ3n) is 8.29. The van der Waals surface area contributed by atoms with E-state index in [1.54, 1.807) is 0 Å². The molecule has 0 amide bonds. The standard InChI is InChI=1S/C38H27N3/c1-25-19-20-26(23-34(25)39-2)27-21-28(40-35-15-7-3-11-30(35)31-12-4-8-16-36(31)40)24-29(22-27)41-37-17-9-5-13-32(37)33-14-6-10-18-38(33)41/h3-24H,2H2,1H3. The number of rotatable bonds is 4. The minimum atomic E-state index is 0.906. The molecule has 0 aliphatic carbocycles. The predicted molar refractivity (Wildman–Crippen MR) is 175 cm³/mol. The van der Waals surface area contributed by atoms with Gasteiger partial charge in [0.25, 0.3) is 0 Å². The van der Waals surface area contributed by atoms with Crippen LogP contribution < -0.4 is 0 Å². The van der Waals surface area contributed by atoms with E-state index in [0.717, 1.165) is 33.8 Å². The molecule has 41 heavy (non-hydrogen) atoms. The van der Waals surface area contributed by atoms with Gasteiger partial charge in [-0.2, -0.15) is 0 Å². The second kappa shape index (κ2) is 9.07. The van der Waals surface area contributed by atoms with Gasteiger partial charge in [0.1, 0.15) is 0 Å². The van der Waals surface area contributed by atoms with Gasteiger partial charge < -0.3 is 9.13 Å². The van der Waals surface area contributed by atoms with E-state index in [2.05, 4.69) is 161 Å². The monoisotopic (exact) mass is 525 g/mol. The van der Waals surface area contributed by atoms with Crippen molar-refractivity contribution in [2.45, 2.75) is 6.92 Å². The van der Waals surface area contributed by atoms with Crippen LogP contribution in [0.1, 0.15) is 5.56 Å². The lowest BCUT2D eigenvalue weighted by atomic mass is 10.0. The van der Waals surface area contributed by atoms with Crippen molar-refractivity contribution < 1.29 is 0 Å². The molecule has 2 aromatic heterocycles. The summed E-state index contributed by atoms with van der Waals surface area (Å²) < 4.78 is 4.79. The van der Waals surface area contributed by atoms with Crippen molar-refractivity contribution in [2.24, 2.45) is 4.99 Å². The largest absolute Gasteiger partial charge is 0.309 e. The minimum Gasteiger partial charge on any atom is -0.309 e. The fourth-order valence-corrected chi connectivity index (χ4v) is 6.38. The fourth-order valence-electron chi connectivity index (χ4n) is 6.38. The van der Waals surface area contributed by atoms with Crippen LogP contribution in [-0.4, -0.2) is 15.9 Å². The summed E-state index contributed by atoms with van der Waals surface area (Å²) in [5.41, 5.74) is 11.3. The molecule has 8 aromatic rings. The van der Waals surface area contributed by atoms with E-state index < -0.39 is 0 Å². The number of hydrogen-bond donors (Lipinski definition) is 0. The minimum absolute atomic E-state index is 0.906. The van der Waals surface area contributed by atoms with Gasteiger partial charge in [0, 0.05) is 32.9 Å². The molecule has 0 saturated carbocycles. The molecule has 0 aliphatic rings. The van der Waals surface area contributed by atoms with Gasteiger partial charge >= 0.3 is 0 Å². The molecule has 6 aromatic carbocycles. The summed E-state index contributed by atoms with van der Waals surface area (Å²) in [4.78, 5) is 4.30. The smallest absolute Gasteiger partial charge is 0.0657 e. The Hall–Kier alpha value is -5.41. The third kappa shape index (κ3) is 3.56. The molecule has 0 radical (unpaired) electrons. The van der Waals surface area contributed by atoms with E-state index in [4.69, 9.17) is 0 Å². The van der Waals surface area contributed by atoms with Gasteiger partial charge in [-0.15, -0.1) is 0 Å². The molecule has 0 spiro atoms. The molecule has 0 saturated heterocycles. The highest BCUT2D eigenvalue weighted by atomic mass is 15.0. The molecule has 0 atom stereocenters. The number of para-hydroxylation sites is 4. The SMILES string of the molecule is C=Nc1cc(-c2cc(-n3c4ccccc4c4ccccc43)cc(-n3c4ccccc4c4ccccc43)c2)ccc1C. The average molecular weight is 526 g/mol. The number of fused-ring (bicyclic) bond motifs is 6. The van der Waals surface area contributed by atoms with E-state index in [-0.39, 0.29) is 0 Å². The maximum absolute atomic E-state index is 4.30. The average Bonchev–Trinajstić information content (AvgIpc) is 3.54. The lowest BCUT2D eigenvalue weighted by molar-refractivity contribution is 1.13. The van der Waals surface area contributed by atoms with Crippen LogP contribution in [0, 0.1) is 6.92 Å². The molecule has 0 fully saturated rings. The maximum Gasteiger partial charge on any atom is 0.0657 e. The van der Waals surface area contributed by atoms with Crippen LogP contribution in [0.25, 0.3) is 66.1 Å². The molecule has 0 unspecified atom stereocenters. The number of aromatic nitrogens is 2. The van der Waals surface area contributed by atoms with Crippen molar-refractivity contribution in [3.05, 3.63) is 139 Å². The van der Waals surface area contributed by atoms with Crippen molar-refractivity contribution in [2.75, 3.05) is 0 Å². The second-order valence-electron chi connectivity index (χ2n) is 10.6. The molecule has 2 heterocycles. The first-order chi connectivity index (χ1) is 20.2. The van der Waals surface area contributed by atoms with Crippen LogP contribution in [0.4, 0.5) is 5.69 Å². The normalized spacial score (nSPS) is 11.6. The molecule has 8 rings (SSSR count). The molecular formula is C38H27N3. The Morgan fingerprint density at radius 2 is 0.878 bits per heavy atom. The van der Waals surface area contributed by atoms with Crippen molar-refractivity contribution in [1.82, 2.24) is 9.13 Å². The second-order valence-corrected chi connectivity index (χ2v) is 10.6. The Labute approximate surface area is 238 Å². The Balaban J connectivity index is 1.50. The number of benzene rings is 6. The highest BCUT2D eigenvalue weighted by Crippen LogP contribution is 2.38. The van der Waals surface area contributed by atoms with Crippen LogP contribution in [-0.2, 0) is 0 Å². The van der Waals surface area contributed by atoms with Crippen molar-refractivity contribution >= 4 is 56.0 Å². The first-order valence-electron chi connectivity index (χ1n) is 13.9. The topological polar surface area (TPSA) is 22.2 Å². The Morgan fingerprint density at radius 3 is 1.29 bits per heavy atom. The summed E-state index contributed by atoms with van der Waals surface area (Å²) >= 11 is 0. The molecule has 0 N–H and O–H groups in total. The van der Waals surface area contributed by atoms with Crippen LogP contribution in [0.3, 0.4) is 0 Å². The zero-order valence-electron chi connectivity index (χ0n) is 22.8. The zero-order chi connectivity index (χ0) is 27.5. The van der Waals surface area contributed by atoms with Crippen molar-refractivity contribution in [3.63, 3.8) is 0 Å². The number of aliphatic imine (C=N–C) groups is 1. The number of hydrogen-bond acceptors (Lipinski definition) is 1. The highest BCUT2D eigenvalue weighted by molar-refractivity contribution is 6.10. The molecule has 194 valence electrons. The highest BCUT2D eigenvalue weighted by Gasteiger charge is 2.17. The quantitative estimate of drug-likeness (QED) is 0.204. The summed E-state index contributed by atoms with van der Waals surface area (Å²) in [5, 5.41) is 5.00. The zero-order valence-corrected chi connectivity index (χ0v) is 22.8. The van der Waals surface area contributed by atoms with Crippen molar-refractivity contribution in [1.29, 1.82) is 0 Å². The van der Waals surface area contributed by atoms with Gasteiger partial charge in [0.15, 0.2) is 0 Å². The third-order valence-corrected chi connectivity index (χ3v) is 8.29.